The van der Waals surface area contributed by atoms with Gasteiger partial charge in [-0.2, -0.15) is 0 Å². The van der Waals surface area contributed by atoms with Gasteiger partial charge in [0, 0.05) is 24.9 Å². The minimum atomic E-state index is -2.57. The van der Waals surface area contributed by atoms with Crippen LogP contribution in [0.15, 0.2) is 0 Å². The lowest BCUT2D eigenvalue weighted by Gasteiger charge is -2.24. The molecule has 1 aliphatic heterocycles. The van der Waals surface area contributed by atoms with E-state index in [1.807, 2.05) is 13.8 Å². The fourth-order valence-electron chi connectivity index (χ4n) is 2.00. The Balaban J connectivity index is 2.48. The molecule has 0 aromatic rings. The first-order valence-corrected chi connectivity index (χ1v) is 5.29. The highest BCUT2D eigenvalue weighted by atomic mass is 19.3. The van der Waals surface area contributed by atoms with Crippen molar-refractivity contribution in [3.8, 4) is 0 Å². The Bertz CT molecular complexity index is 183. The molecule has 0 bridgehead atoms. The molecule has 0 amide bonds. The van der Waals surface area contributed by atoms with Crippen molar-refractivity contribution in [3.63, 3.8) is 0 Å². The molecule has 1 rings (SSSR count). The van der Waals surface area contributed by atoms with Crippen LogP contribution in [0.2, 0.25) is 0 Å². The molecule has 1 fully saturated rings. The van der Waals surface area contributed by atoms with Gasteiger partial charge < -0.3 is 10.6 Å². The third-order valence-corrected chi connectivity index (χ3v) is 3.02. The summed E-state index contributed by atoms with van der Waals surface area (Å²) in [7, 11) is 0. The third-order valence-electron chi connectivity index (χ3n) is 3.02. The number of likely N-dealkylation sites (tertiary alicyclic amines) is 1. The zero-order valence-corrected chi connectivity index (χ0v) is 8.97. The number of alkyl halides is 2. The van der Waals surface area contributed by atoms with Gasteiger partial charge in [0.05, 0.1) is 0 Å². The lowest BCUT2D eigenvalue weighted by molar-refractivity contribution is -0.0595. The lowest BCUT2D eigenvalue weighted by Crippen LogP contribution is -2.35. The summed E-state index contributed by atoms with van der Waals surface area (Å²) in [5, 5.41) is 0. The second kappa shape index (κ2) is 4.53. The zero-order valence-electron chi connectivity index (χ0n) is 8.97. The molecule has 2 nitrogen and oxygen atoms in total. The fourth-order valence-corrected chi connectivity index (χ4v) is 2.00. The van der Waals surface area contributed by atoms with Crippen molar-refractivity contribution in [2.45, 2.75) is 38.7 Å². The first-order chi connectivity index (χ1) is 6.47. The van der Waals surface area contributed by atoms with Crippen molar-refractivity contribution < 1.29 is 8.78 Å². The molecule has 0 radical (unpaired) electrons. The first-order valence-electron chi connectivity index (χ1n) is 5.29. The monoisotopic (exact) mass is 206 g/mol. The van der Waals surface area contributed by atoms with Crippen LogP contribution in [0.5, 0.6) is 0 Å². The Morgan fingerprint density at radius 3 is 2.57 bits per heavy atom. The number of nitrogens with zero attached hydrogens (tertiary/aromatic N) is 1. The van der Waals surface area contributed by atoms with E-state index >= 15 is 0 Å². The standard InChI is InChI=1S/C10H20F2N2/c1-8(2)14-6-3-9(7-14)10(11,12)4-5-13/h8-9H,3-7,13H2,1-2H3. The van der Waals surface area contributed by atoms with Gasteiger partial charge in [-0.25, -0.2) is 8.78 Å². The van der Waals surface area contributed by atoms with E-state index in [4.69, 9.17) is 5.73 Å². The van der Waals surface area contributed by atoms with Crippen LogP contribution in [-0.2, 0) is 0 Å². The van der Waals surface area contributed by atoms with E-state index < -0.39 is 11.8 Å². The molecule has 0 aromatic heterocycles. The molecule has 84 valence electrons. The van der Waals surface area contributed by atoms with Crippen LogP contribution in [0.3, 0.4) is 0 Å². The van der Waals surface area contributed by atoms with Crippen LogP contribution in [0.25, 0.3) is 0 Å². The molecule has 1 aliphatic rings. The summed E-state index contributed by atoms with van der Waals surface area (Å²) in [4.78, 5) is 2.11. The topological polar surface area (TPSA) is 29.3 Å². The van der Waals surface area contributed by atoms with Crippen LogP contribution in [0.1, 0.15) is 26.7 Å². The second-order valence-corrected chi connectivity index (χ2v) is 4.37. The minimum Gasteiger partial charge on any atom is -0.330 e. The van der Waals surface area contributed by atoms with Crippen LogP contribution in [-0.4, -0.2) is 36.5 Å². The largest absolute Gasteiger partial charge is 0.330 e. The Labute approximate surface area is 84.4 Å². The summed E-state index contributed by atoms with van der Waals surface area (Å²) < 4.78 is 26.9. The van der Waals surface area contributed by atoms with Gasteiger partial charge in [0.25, 0.3) is 5.92 Å². The van der Waals surface area contributed by atoms with Crippen molar-refractivity contribution in [1.82, 2.24) is 4.90 Å². The summed E-state index contributed by atoms with van der Waals surface area (Å²) in [6.45, 7) is 5.48. The molecule has 0 spiro atoms. The number of hydrogen-bond donors (Lipinski definition) is 1. The maximum atomic E-state index is 13.5. The second-order valence-electron chi connectivity index (χ2n) is 4.37. The van der Waals surface area contributed by atoms with Gasteiger partial charge in [-0.3, -0.25) is 0 Å². The van der Waals surface area contributed by atoms with Crippen molar-refractivity contribution in [2.75, 3.05) is 19.6 Å². The van der Waals surface area contributed by atoms with Crippen molar-refractivity contribution in [3.05, 3.63) is 0 Å². The Hall–Kier alpha value is -0.220. The zero-order chi connectivity index (χ0) is 10.8. The normalized spacial score (nSPS) is 24.9. The van der Waals surface area contributed by atoms with Gasteiger partial charge in [-0.15, -0.1) is 0 Å². The smallest absolute Gasteiger partial charge is 0.253 e. The molecule has 1 saturated heterocycles. The van der Waals surface area contributed by atoms with Gasteiger partial charge in [-0.05, 0) is 33.4 Å². The molecular weight excluding hydrogens is 186 g/mol. The van der Waals surface area contributed by atoms with E-state index in [1.54, 1.807) is 0 Å². The van der Waals surface area contributed by atoms with Crippen molar-refractivity contribution in [2.24, 2.45) is 11.7 Å². The van der Waals surface area contributed by atoms with Crippen molar-refractivity contribution >= 4 is 0 Å². The minimum absolute atomic E-state index is 0.0746. The van der Waals surface area contributed by atoms with E-state index in [-0.39, 0.29) is 13.0 Å². The maximum Gasteiger partial charge on any atom is 0.253 e. The first kappa shape index (κ1) is 11.9. The molecule has 1 heterocycles. The van der Waals surface area contributed by atoms with Gasteiger partial charge >= 0.3 is 0 Å². The number of nitrogens with two attached hydrogens (primary N) is 1. The van der Waals surface area contributed by atoms with Gasteiger partial charge in [-0.1, -0.05) is 0 Å². The van der Waals surface area contributed by atoms with E-state index in [2.05, 4.69) is 4.90 Å². The van der Waals surface area contributed by atoms with Crippen LogP contribution < -0.4 is 5.73 Å². The number of hydrogen-bond acceptors (Lipinski definition) is 2. The average Bonchev–Trinajstić information content (AvgIpc) is 2.51. The predicted octanol–water partition coefficient (Wildman–Crippen LogP) is 1.70. The molecular formula is C10H20F2N2. The number of rotatable bonds is 4. The summed E-state index contributed by atoms with van der Waals surface area (Å²) in [5.41, 5.74) is 5.18. The SMILES string of the molecule is CC(C)N1CCC(C(F)(F)CCN)C1. The third kappa shape index (κ3) is 2.64. The molecule has 0 aliphatic carbocycles. The predicted molar refractivity (Wildman–Crippen MR) is 53.4 cm³/mol. The molecule has 0 aromatic carbocycles. The molecule has 0 saturated carbocycles. The molecule has 1 unspecified atom stereocenters. The summed E-state index contributed by atoms with van der Waals surface area (Å²) in [6.07, 6.45) is 0.425. The van der Waals surface area contributed by atoms with Gasteiger partial charge in [0.15, 0.2) is 0 Å². The lowest BCUT2D eigenvalue weighted by atomic mass is 9.98. The van der Waals surface area contributed by atoms with Crippen LogP contribution >= 0.6 is 0 Å². The highest BCUT2D eigenvalue weighted by Gasteiger charge is 2.42. The fraction of sp³-hybridized carbons (Fsp3) is 1.00. The highest BCUT2D eigenvalue weighted by Crippen LogP contribution is 2.35. The Kier molecular flexibility index (Phi) is 3.84. The van der Waals surface area contributed by atoms with Gasteiger partial charge in [0.1, 0.15) is 0 Å². The summed E-state index contributed by atoms with van der Waals surface area (Å²) in [5.74, 6) is -3.06. The quantitative estimate of drug-likeness (QED) is 0.758. The molecule has 1 atom stereocenters. The van der Waals surface area contributed by atoms with E-state index in [0.717, 1.165) is 6.54 Å². The van der Waals surface area contributed by atoms with Crippen LogP contribution in [0.4, 0.5) is 8.78 Å². The molecule has 2 N–H and O–H groups in total. The van der Waals surface area contributed by atoms with Crippen LogP contribution in [0, 0.1) is 5.92 Å². The molecule has 4 heteroatoms. The average molecular weight is 206 g/mol. The Morgan fingerprint density at radius 1 is 1.50 bits per heavy atom. The number of halogens is 2. The van der Waals surface area contributed by atoms with Gasteiger partial charge in [0.2, 0.25) is 0 Å². The summed E-state index contributed by atoms with van der Waals surface area (Å²) in [6, 6.07) is 0.369. The maximum absolute atomic E-state index is 13.5. The molecule has 14 heavy (non-hydrogen) atoms. The van der Waals surface area contributed by atoms with E-state index in [1.165, 1.54) is 0 Å². The van der Waals surface area contributed by atoms with E-state index in [9.17, 15) is 8.78 Å². The van der Waals surface area contributed by atoms with Crippen molar-refractivity contribution in [1.29, 1.82) is 0 Å². The summed E-state index contributed by atoms with van der Waals surface area (Å²) >= 11 is 0. The Morgan fingerprint density at radius 2 is 2.14 bits per heavy atom. The van der Waals surface area contributed by atoms with E-state index in [0.29, 0.717) is 19.0 Å². The highest BCUT2D eigenvalue weighted by molar-refractivity contribution is 4.87.